The van der Waals surface area contributed by atoms with Gasteiger partial charge in [-0.25, -0.2) is 0 Å². The van der Waals surface area contributed by atoms with Crippen molar-refractivity contribution in [1.82, 2.24) is 0 Å². The van der Waals surface area contributed by atoms with E-state index in [0.717, 1.165) is 17.7 Å². The van der Waals surface area contributed by atoms with Crippen molar-refractivity contribution in [3.8, 4) is 0 Å². The molecule has 0 aliphatic rings. The molecule has 3 nitrogen and oxygen atoms in total. The van der Waals surface area contributed by atoms with Gasteiger partial charge in [-0.15, -0.1) is 0 Å². The third-order valence-corrected chi connectivity index (χ3v) is 2.01. The number of hydrogen-bond donors (Lipinski definition) is 1. The van der Waals surface area contributed by atoms with Crippen molar-refractivity contribution in [3.63, 3.8) is 0 Å². The summed E-state index contributed by atoms with van der Waals surface area (Å²) >= 11 is 0. The molecule has 0 spiro atoms. The topological polar surface area (TPSA) is 46.2 Å². The van der Waals surface area contributed by atoms with Crippen LogP contribution in [0.3, 0.4) is 0 Å². The van der Waals surface area contributed by atoms with Crippen molar-refractivity contribution in [2.24, 2.45) is 0 Å². The van der Waals surface area contributed by atoms with E-state index in [1.807, 2.05) is 24.3 Å². The van der Waals surface area contributed by atoms with E-state index in [-0.39, 0.29) is 5.78 Å². The minimum absolute atomic E-state index is 0.188. The molecule has 1 aromatic rings. The van der Waals surface area contributed by atoms with Crippen LogP contribution in [0.4, 0.5) is 5.69 Å². The summed E-state index contributed by atoms with van der Waals surface area (Å²) in [5.41, 5.74) is 1.96. The summed E-state index contributed by atoms with van der Waals surface area (Å²) < 4.78 is 0. The molecule has 0 saturated carbocycles. The fourth-order valence-corrected chi connectivity index (χ4v) is 1.27. The SMILES string of the molecule is CC(=O)CCc1cccc(N[B]C=O)c1. The van der Waals surface area contributed by atoms with E-state index in [9.17, 15) is 9.59 Å². The van der Waals surface area contributed by atoms with Crippen LogP contribution in [0.15, 0.2) is 24.3 Å². The molecule has 0 heterocycles. The number of ketones is 1. The van der Waals surface area contributed by atoms with E-state index in [2.05, 4.69) is 5.23 Å². The molecule has 0 aromatic heterocycles. The Bertz CT molecular complexity index is 352. The van der Waals surface area contributed by atoms with Crippen molar-refractivity contribution in [2.45, 2.75) is 19.8 Å². The number of rotatable bonds is 6. The molecule has 0 atom stereocenters. The van der Waals surface area contributed by atoms with Gasteiger partial charge in [0.25, 0.3) is 0 Å². The van der Waals surface area contributed by atoms with E-state index in [1.54, 1.807) is 6.92 Å². The Kier molecular flexibility index (Phi) is 4.61. The normalized spacial score (nSPS) is 9.40. The molecule has 4 heteroatoms. The lowest BCUT2D eigenvalue weighted by Crippen LogP contribution is -2.07. The Balaban J connectivity index is 2.57. The van der Waals surface area contributed by atoms with Gasteiger partial charge in [0.05, 0.1) is 0 Å². The number of benzene rings is 1. The van der Waals surface area contributed by atoms with Crippen molar-refractivity contribution in [3.05, 3.63) is 29.8 Å². The summed E-state index contributed by atoms with van der Waals surface area (Å²) in [5, 5.41) is 2.84. The number of hydrogen-bond acceptors (Lipinski definition) is 3. The molecule has 1 aromatic carbocycles. The standard InChI is InChI=1S/C11H13BNO2/c1-9(15)5-6-10-3-2-4-11(7-10)13-12-8-14/h2-4,7-8,13H,5-6H2,1H3. The Morgan fingerprint density at radius 2 is 2.33 bits per heavy atom. The quantitative estimate of drug-likeness (QED) is 0.560. The second-order valence-corrected chi connectivity index (χ2v) is 3.35. The van der Waals surface area contributed by atoms with Crippen molar-refractivity contribution in [2.75, 3.05) is 5.23 Å². The zero-order valence-corrected chi connectivity index (χ0v) is 8.69. The van der Waals surface area contributed by atoms with Crippen LogP contribution in [-0.4, -0.2) is 19.4 Å². The maximum atomic E-state index is 10.8. The van der Waals surface area contributed by atoms with Crippen molar-refractivity contribution < 1.29 is 9.59 Å². The number of nitrogens with one attached hydrogen (secondary N) is 1. The Morgan fingerprint density at radius 1 is 1.53 bits per heavy atom. The van der Waals surface area contributed by atoms with Crippen LogP contribution in [-0.2, 0) is 16.0 Å². The second kappa shape index (κ2) is 6.01. The van der Waals surface area contributed by atoms with Gasteiger partial charge in [-0.1, -0.05) is 12.1 Å². The molecule has 0 aliphatic carbocycles. The molecule has 0 saturated heterocycles. The van der Waals surface area contributed by atoms with Gasteiger partial charge < -0.3 is 14.8 Å². The van der Waals surface area contributed by atoms with Crippen LogP contribution in [0.1, 0.15) is 18.9 Å². The molecule has 1 radical (unpaired) electrons. The first-order chi connectivity index (χ1) is 7.22. The van der Waals surface area contributed by atoms with E-state index in [4.69, 9.17) is 0 Å². The Hall–Kier alpha value is -1.58. The number of aryl methyl sites for hydroxylation is 1. The average molecular weight is 202 g/mol. The summed E-state index contributed by atoms with van der Waals surface area (Å²) in [5.74, 6) is 0.188. The van der Waals surface area contributed by atoms with Crippen LogP contribution in [0, 0.1) is 0 Å². The zero-order valence-electron chi connectivity index (χ0n) is 8.69. The van der Waals surface area contributed by atoms with Crippen molar-refractivity contribution >= 4 is 25.1 Å². The van der Waals surface area contributed by atoms with Crippen LogP contribution >= 0.6 is 0 Å². The second-order valence-electron chi connectivity index (χ2n) is 3.35. The monoisotopic (exact) mass is 202 g/mol. The maximum Gasteiger partial charge on any atom is 0.326 e. The van der Waals surface area contributed by atoms with Crippen LogP contribution in [0.5, 0.6) is 0 Å². The fraction of sp³-hybridized carbons (Fsp3) is 0.273. The Labute approximate surface area is 90.1 Å². The molecule has 15 heavy (non-hydrogen) atoms. The van der Waals surface area contributed by atoms with Gasteiger partial charge in [0.1, 0.15) is 12.0 Å². The molecule has 1 rings (SSSR count). The highest BCUT2D eigenvalue weighted by Crippen LogP contribution is 2.11. The van der Waals surface area contributed by atoms with Gasteiger partial charge in [0, 0.05) is 12.1 Å². The molecule has 1 N–H and O–H groups in total. The van der Waals surface area contributed by atoms with E-state index < -0.39 is 0 Å². The molecular formula is C11H13BNO2. The van der Waals surface area contributed by atoms with Gasteiger partial charge in [-0.2, -0.15) is 0 Å². The van der Waals surface area contributed by atoms with Gasteiger partial charge >= 0.3 is 7.41 Å². The maximum absolute atomic E-state index is 10.8. The average Bonchev–Trinajstić information content (AvgIpc) is 2.24. The highest BCUT2D eigenvalue weighted by molar-refractivity contribution is 6.69. The first kappa shape index (κ1) is 11.5. The summed E-state index contributed by atoms with van der Waals surface area (Å²) in [7, 11) is 1.34. The predicted molar refractivity (Wildman–Crippen MR) is 61.6 cm³/mol. The first-order valence-corrected chi connectivity index (χ1v) is 4.84. The van der Waals surface area contributed by atoms with E-state index in [1.165, 1.54) is 7.41 Å². The zero-order chi connectivity index (χ0) is 11.1. The third kappa shape index (κ3) is 4.45. The number of Topliss-reactive ketones (excluding diaryl/α,β-unsaturated/α-hetero) is 1. The van der Waals surface area contributed by atoms with Crippen LogP contribution in [0.25, 0.3) is 0 Å². The molecule has 0 aliphatic heterocycles. The van der Waals surface area contributed by atoms with E-state index >= 15 is 0 Å². The number of carbonyl (C=O) groups is 2. The predicted octanol–water partition coefficient (Wildman–Crippen LogP) is 1.43. The van der Waals surface area contributed by atoms with Gasteiger partial charge in [-0.3, -0.25) is 0 Å². The molecule has 77 valence electrons. The summed E-state index contributed by atoms with van der Waals surface area (Å²) in [6, 6.07) is 7.67. The fourth-order valence-electron chi connectivity index (χ4n) is 1.27. The minimum atomic E-state index is 0.188. The molecule has 0 fully saturated rings. The highest BCUT2D eigenvalue weighted by atomic mass is 16.1. The molecule has 0 bridgehead atoms. The Morgan fingerprint density at radius 3 is 3.00 bits per heavy atom. The molecular weight excluding hydrogens is 189 g/mol. The van der Waals surface area contributed by atoms with Gasteiger partial charge in [-0.05, 0) is 31.0 Å². The minimum Gasteiger partial charge on any atom is -0.426 e. The smallest absolute Gasteiger partial charge is 0.326 e. The summed E-state index contributed by atoms with van der Waals surface area (Å²) in [6.45, 7) is 1.59. The van der Waals surface area contributed by atoms with Crippen LogP contribution < -0.4 is 5.23 Å². The highest BCUT2D eigenvalue weighted by Gasteiger charge is 1.98. The summed E-state index contributed by atoms with van der Waals surface area (Å²) in [4.78, 5) is 20.9. The first-order valence-electron chi connectivity index (χ1n) is 4.84. The third-order valence-electron chi connectivity index (χ3n) is 2.01. The molecule has 0 unspecified atom stereocenters. The lowest BCUT2D eigenvalue weighted by Gasteiger charge is -2.04. The lowest BCUT2D eigenvalue weighted by atomic mass is 9.97. The largest absolute Gasteiger partial charge is 0.426 e. The van der Waals surface area contributed by atoms with Crippen molar-refractivity contribution in [1.29, 1.82) is 0 Å². The lowest BCUT2D eigenvalue weighted by molar-refractivity contribution is -0.116. The summed E-state index contributed by atoms with van der Waals surface area (Å²) in [6.07, 6.45) is 2.00. The van der Waals surface area contributed by atoms with Gasteiger partial charge in [0.2, 0.25) is 0 Å². The number of anilines is 1. The number of carbonyl (C=O) groups excluding carboxylic acids is 2. The van der Waals surface area contributed by atoms with Crippen LogP contribution in [0.2, 0.25) is 0 Å². The molecule has 0 amide bonds. The van der Waals surface area contributed by atoms with E-state index in [0.29, 0.717) is 12.6 Å². The van der Waals surface area contributed by atoms with Gasteiger partial charge in [0.15, 0.2) is 0 Å².